The fourth-order valence-corrected chi connectivity index (χ4v) is 6.40. The van der Waals surface area contributed by atoms with Gasteiger partial charge < -0.3 is 9.15 Å². The van der Waals surface area contributed by atoms with Crippen LogP contribution in [0.15, 0.2) is 99.6 Å². The van der Waals surface area contributed by atoms with Crippen LogP contribution in [0.5, 0.6) is 0 Å². The van der Waals surface area contributed by atoms with E-state index in [2.05, 4.69) is 12.3 Å². The first-order chi connectivity index (χ1) is 19.1. The second kappa shape index (κ2) is 12.0. The molecule has 14 heteroatoms. The number of carbonyl (C=O) groups is 1. The van der Waals surface area contributed by atoms with E-state index in [4.69, 9.17) is 9.15 Å². The van der Waals surface area contributed by atoms with Gasteiger partial charge in [-0.15, -0.1) is 5.73 Å². The standard InChI is InChI=1S/C27H29N3O9S2/c1-6-17-28(40(34,35)22-13-9-20(2)10-14-22)19-24(25-8-7-18-38-25)29(26(31)39-27(3,4)5)41(36,37)23-15-11-21(12-16-23)30(32)33/h7-18,24H,1,19H2,2-5H3. The quantitative estimate of drug-likeness (QED) is 0.174. The van der Waals surface area contributed by atoms with Gasteiger partial charge in [0.05, 0.1) is 33.7 Å². The maximum Gasteiger partial charge on any atom is 0.425 e. The summed E-state index contributed by atoms with van der Waals surface area (Å²) in [6.07, 6.45) is 0.917. The summed E-state index contributed by atoms with van der Waals surface area (Å²) in [4.78, 5) is 23.4. The Morgan fingerprint density at radius 2 is 1.61 bits per heavy atom. The summed E-state index contributed by atoms with van der Waals surface area (Å²) in [6, 6.07) is 11.1. The van der Waals surface area contributed by atoms with Gasteiger partial charge in [0.2, 0.25) is 0 Å². The molecule has 12 nitrogen and oxygen atoms in total. The SMILES string of the molecule is C=C=CN(CC(c1ccco1)N(C(=O)OC(C)(C)C)S(=O)(=O)c1ccc([N+](=O)[O-])cc1)S(=O)(=O)c1ccc(C)cc1. The first-order valence-electron chi connectivity index (χ1n) is 12.1. The van der Waals surface area contributed by atoms with Crippen molar-refractivity contribution >= 4 is 31.8 Å². The third kappa shape index (κ3) is 7.23. The van der Waals surface area contributed by atoms with E-state index in [0.717, 1.165) is 40.3 Å². The number of hydrogen-bond acceptors (Lipinski definition) is 9. The van der Waals surface area contributed by atoms with Crippen molar-refractivity contribution in [1.29, 1.82) is 0 Å². The van der Waals surface area contributed by atoms with Crippen LogP contribution < -0.4 is 0 Å². The van der Waals surface area contributed by atoms with Crippen LogP contribution in [0, 0.1) is 17.0 Å². The molecule has 0 aliphatic heterocycles. The number of ether oxygens (including phenoxy) is 1. The summed E-state index contributed by atoms with van der Waals surface area (Å²) in [5.41, 5.74) is 1.68. The van der Waals surface area contributed by atoms with E-state index in [9.17, 15) is 31.7 Å². The highest BCUT2D eigenvalue weighted by Gasteiger charge is 2.43. The van der Waals surface area contributed by atoms with Crippen molar-refractivity contribution in [3.63, 3.8) is 0 Å². The van der Waals surface area contributed by atoms with Gasteiger partial charge in [-0.25, -0.2) is 21.6 Å². The maximum absolute atomic E-state index is 14.0. The Hall–Kier alpha value is -4.39. The molecule has 0 spiro atoms. The van der Waals surface area contributed by atoms with Crippen molar-refractivity contribution in [3.8, 4) is 0 Å². The number of aryl methyl sites for hydroxylation is 1. The molecule has 1 unspecified atom stereocenters. The number of amides is 1. The molecule has 0 fully saturated rings. The normalized spacial score (nSPS) is 12.6. The molecule has 1 aromatic heterocycles. The predicted octanol–water partition coefficient (Wildman–Crippen LogP) is 5.15. The zero-order chi connectivity index (χ0) is 30.6. The Bertz CT molecular complexity index is 1650. The Balaban J connectivity index is 2.22. The number of carbonyl (C=O) groups excluding carboxylic acids is 1. The molecule has 1 heterocycles. The number of sulfonamides is 2. The monoisotopic (exact) mass is 603 g/mol. The lowest BCUT2D eigenvalue weighted by molar-refractivity contribution is -0.384. The van der Waals surface area contributed by atoms with Crippen LogP contribution in [0.4, 0.5) is 10.5 Å². The molecule has 0 bridgehead atoms. The Morgan fingerprint density at radius 3 is 2.10 bits per heavy atom. The van der Waals surface area contributed by atoms with Gasteiger partial charge in [-0.2, -0.15) is 4.31 Å². The molecule has 0 aliphatic rings. The van der Waals surface area contributed by atoms with E-state index in [1.807, 2.05) is 0 Å². The van der Waals surface area contributed by atoms with Crippen molar-refractivity contribution in [1.82, 2.24) is 8.61 Å². The molecule has 218 valence electrons. The second-order valence-corrected chi connectivity index (χ2v) is 13.5. The Labute approximate surface area is 238 Å². The fraction of sp³-hybridized carbons (Fsp3) is 0.259. The molecule has 0 saturated heterocycles. The highest BCUT2D eigenvalue weighted by molar-refractivity contribution is 7.90. The smallest absolute Gasteiger partial charge is 0.425 e. The molecule has 0 aliphatic carbocycles. The van der Waals surface area contributed by atoms with Gasteiger partial charge in [-0.05, 0) is 64.1 Å². The zero-order valence-electron chi connectivity index (χ0n) is 22.8. The van der Waals surface area contributed by atoms with Crippen LogP contribution in [0.2, 0.25) is 0 Å². The van der Waals surface area contributed by atoms with E-state index in [1.165, 1.54) is 51.3 Å². The van der Waals surface area contributed by atoms with Crippen LogP contribution in [0.25, 0.3) is 0 Å². The molecule has 1 atom stereocenters. The van der Waals surface area contributed by atoms with Crippen LogP contribution in [-0.4, -0.2) is 48.6 Å². The highest BCUT2D eigenvalue weighted by atomic mass is 32.2. The number of nitro groups is 1. The van der Waals surface area contributed by atoms with E-state index < -0.39 is 54.1 Å². The predicted molar refractivity (Wildman–Crippen MR) is 149 cm³/mol. The molecule has 2 aromatic carbocycles. The van der Waals surface area contributed by atoms with Crippen LogP contribution in [0.3, 0.4) is 0 Å². The maximum atomic E-state index is 14.0. The third-order valence-electron chi connectivity index (χ3n) is 5.55. The molecular weight excluding hydrogens is 574 g/mol. The lowest BCUT2D eigenvalue weighted by Crippen LogP contribution is -2.46. The number of nitrogens with zero attached hydrogens (tertiary/aromatic N) is 3. The van der Waals surface area contributed by atoms with Crippen LogP contribution in [0.1, 0.15) is 38.1 Å². The number of rotatable bonds is 10. The topological polar surface area (TPSA) is 157 Å². The van der Waals surface area contributed by atoms with Gasteiger partial charge in [-0.1, -0.05) is 24.3 Å². The summed E-state index contributed by atoms with van der Waals surface area (Å²) in [5, 5.41) is 11.1. The largest absolute Gasteiger partial charge is 0.467 e. The number of benzene rings is 2. The molecule has 41 heavy (non-hydrogen) atoms. The van der Waals surface area contributed by atoms with Crippen LogP contribution in [-0.2, 0) is 24.8 Å². The summed E-state index contributed by atoms with van der Waals surface area (Å²) in [5.74, 6) is -0.0806. The van der Waals surface area contributed by atoms with Crippen molar-refractivity contribution in [3.05, 3.63) is 107 Å². The van der Waals surface area contributed by atoms with Gasteiger partial charge in [-0.3, -0.25) is 14.4 Å². The summed E-state index contributed by atoms with van der Waals surface area (Å²) < 4.78 is 67.3. The first kappa shape index (κ1) is 31.1. The van der Waals surface area contributed by atoms with E-state index in [0.29, 0.717) is 4.31 Å². The minimum absolute atomic E-state index is 0.0806. The van der Waals surface area contributed by atoms with Gasteiger partial charge in [0, 0.05) is 12.1 Å². The fourth-order valence-electron chi connectivity index (χ4n) is 3.65. The molecular formula is C27H29N3O9S2. The van der Waals surface area contributed by atoms with Gasteiger partial charge in [0.15, 0.2) is 0 Å². The van der Waals surface area contributed by atoms with Crippen molar-refractivity contribution in [2.45, 2.75) is 49.1 Å². The van der Waals surface area contributed by atoms with Gasteiger partial charge in [0.1, 0.15) is 17.4 Å². The average Bonchev–Trinajstić information content (AvgIpc) is 3.42. The Morgan fingerprint density at radius 1 is 1.05 bits per heavy atom. The van der Waals surface area contributed by atoms with E-state index in [-0.39, 0.29) is 16.3 Å². The third-order valence-corrected chi connectivity index (χ3v) is 9.08. The number of furan rings is 1. The van der Waals surface area contributed by atoms with E-state index in [1.54, 1.807) is 19.1 Å². The molecule has 1 amide bonds. The Kier molecular flexibility index (Phi) is 9.12. The highest BCUT2D eigenvalue weighted by Crippen LogP contribution is 2.33. The first-order valence-corrected chi connectivity index (χ1v) is 15.0. The minimum Gasteiger partial charge on any atom is -0.467 e. The molecule has 0 radical (unpaired) electrons. The lowest BCUT2D eigenvalue weighted by atomic mass is 10.2. The molecule has 0 saturated carbocycles. The summed E-state index contributed by atoms with van der Waals surface area (Å²) in [7, 11) is -9.11. The van der Waals surface area contributed by atoms with Crippen molar-refractivity contribution < 1.29 is 35.7 Å². The summed E-state index contributed by atoms with van der Waals surface area (Å²) in [6.45, 7) is 9.16. The lowest BCUT2D eigenvalue weighted by Gasteiger charge is -2.34. The van der Waals surface area contributed by atoms with Crippen molar-refractivity contribution in [2.24, 2.45) is 0 Å². The minimum atomic E-state index is -4.81. The summed E-state index contributed by atoms with van der Waals surface area (Å²) >= 11 is 0. The number of non-ortho nitro benzene ring substituents is 1. The number of nitro benzene ring substituents is 1. The molecule has 3 aromatic rings. The number of hydrogen-bond donors (Lipinski definition) is 0. The van der Waals surface area contributed by atoms with Gasteiger partial charge in [0.25, 0.3) is 25.7 Å². The zero-order valence-corrected chi connectivity index (χ0v) is 24.4. The van der Waals surface area contributed by atoms with E-state index >= 15 is 0 Å². The van der Waals surface area contributed by atoms with Gasteiger partial charge >= 0.3 is 6.09 Å². The molecule has 3 rings (SSSR count). The van der Waals surface area contributed by atoms with Crippen LogP contribution >= 0.6 is 0 Å². The van der Waals surface area contributed by atoms with Crippen molar-refractivity contribution in [2.75, 3.05) is 6.54 Å². The average molecular weight is 604 g/mol. The molecule has 0 N–H and O–H groups in total. The second-order valence-electron chi connectivity index (χ2n) is 9.78.